The summed E-state index contributed by atoms with van der Waals surface area (Å²) < 4.78 is 4.37. The van der Waals surface area contributed by atoms with Crippen LogP contribution in [0.5, 0.6) is 0 Å². The van der Waals surface area contributed by atoms with Gasteiger partial charge < -0.3 is 16.0 Å². The molecule has 1 aromatic heterocycles. The van der Waals surface area contributed by atoms with Gasteiger partial charge in [-0.2, -0.15) is 0 Å². The molecule has 21 heavy (non-hydrogen) atoms. The van der Waals surface area contributed by atoms with Crippen molar-refractivity contribution in [1.29, 1.82) is 0 Å². The van der Waals surface area contributed by atoms with Crippen molar-refractivity contribution in [2.45, 2.75) is 12.8 Å². The molecule has 8 nitrogen and oxygen atoms in total. The Labute approximate surface area is 119 Å². The summed E-state index contributed by atoms with van der Waals surface area (Å²) in [6.45, 7) is 0.728. The highest BCUT2D eigenvalue weighted by molar-refractivity contribution is 6.05. The van der Waals surface area contributed by atoms with Gasteiger partial charge in [-0.3, -0.25) is 9.59 Å². The molecule has 1 aliphatic rings. The normalized spacial score (nSPS) is 14.5. The van der Waals surface area contributed by atoms with Crippen LogP contribution in [0.4, 0.5) is 17.2 Å². The summed E-state index contributed by atoms with van der Waals surface area (Å²) in [4.78, 5) is 25.2. The first-order valence-electron chi connectivity index (χ1n) is 6.45. The molecule has 0 unspecified atom stereocenters. The van der Waals surface area contributed by atoms with Gasteiger partial charge in [0.25, 0.3) is 5.91 Å². The SMILES string of the molecule is Nc1nonc1C(=O)Nc1ccc(N2CCCC2=O)cc1. The summed E-state index contributed by atoms with van der Waals surface area (Å²) in [5, 5.41) is 9.40. The fraction of sp³-hybridized carbons (Fsp3) is 0.231. The van der Waals surface area contributed by atoms with Crippen LogP contribution >= 0.6 is 0 Å². The van der Waals surface area contributed by atoms with E-state index in [-0.39, 0.29) is 17.4 Å². The van der Waals surface area contributed by atoms with E-state index in [1.807, 2.05) is 0 Å². The number of aromatic nitrogens is 2. The lowest BCUT2D eigenvalue weighted by Gasteiger charge is -2.15. The summed E-state index contributed by atoms with van der Waals surface area (Å²) in [6, 6.07) is 6.98. The summed E-state index contributed by atoms with van der Waals surface area (Å²) in [5.41, 5.74) is 6.77. The molecular formula is C13H13N5O3. The quantitative estimate of drug-likeness (QED) is 0.871. The van der Waals surface area contributed by atoms with Crippen LogP contribution in [0.25, 0.3) is 0 Å². The minimum atomic E-state index is -0.501. The number of anilines is 3. The van der Waals surface area contributed by atoms with Gasteiger partial charge in [-0.05, 0) is 41.0 Å². The predicted molar refractivity (Wildman–Crippen MR) is 74.7 cm³/mol. The maximum Gasteiger partial charge on any atom is 0.281 e. The lowest BCUT2D eigenvalue weighted by molar-refractivity contribution is -0.117. The van der Waals surface area contributed by atoms with Crippen LogP contribution in [-0.2, 0) is 4.79 Å². The zero-order valence-electron chi connectivity index (χ0n) is 11.1. The van der Waals surface area contributed by atoms with Crippen molar-refractivity contribution in [2.75, 3.05) is 22.5 Å². The van der Waals surface area contributed by atoms with Crippen molar-refractivity contribution < 1.29 is 14.2 Å². The summed E-state index contributed by atoms with van der Waals surface area (Å²) >= 11 is 0. The number of rotatable bonds is 3. The number of hydrogen-bond acceptors (Lipinski definition) is 6. The summed E-state index contributed by atoms with van der Waals surface area (Å²) in [7, 11) is 0. The van der Waals surface area contributed by atoms with Gasteiger partial charge in [0.2, 0.25) is 17.4 Å². The molecule has 0 aliphatic carbocycles. The molecule has 0 atom stereocenters. The number of nitrogens with zero attached hydrogens (tertiary/aromatic N) is 3. The minimum Gasteiger partial charge on any atom is -0.379 e. The van der Waals surface area contributed by atoms with Crippen molar-refractivity contribution in [3.05, 3.63) is 30.0 Å². The molecule has 8 heteroatoms. The monoisotopic (exact) mass is 287 g/mol. The number of nitrogen functional groups attached to an aromatic ring is 1. The zero-order valence-corrected chi connectivity index (χ0v) is 11.1. The van der Waals surface area contributed by atoms with Gasteiger partial charge in [-0.25, -0.2) is 4.63 Å². The van der Waals surface area contributed by atoms with Crippen molar-refractivity contribution in [3.8, 4) is 0 Å². The van der Waals surface area contributed by atoms with E-state index in [2.05, 4.69) is 20.3 Å². The average Bonchev–Trinajstić information content (AvgIpc) is 3.08. The van der Waals surface area contributed by atoms with Crippen LogP contribution in [-0.4, -0.2) is 28.7 Å². The number of hydrogen-bond donors (Lipinski definition) is 2. The van der Waals surface area contributed by atoms with E-state index in [9.17, 15) is 9.59 Å². The molecule has 1 fully saturated rings. The second kappa shape index (κ2) is 5.23. The second-order valence-electron chi connectivity index (χ2n) is 4.65. The molecule has 108 valence electrons. The Morgan fingerprint density at radius 1 is 1.29 bits per heavy atom. The lowest BCUT2D eigenvalue weighted by Crippen LogP contribution is -2.23. The first kappa shape index (κ1) is 13.1. The Bertz CT molecular complexity index is 679. The third-order valence-electron chi connectivity index (χ3n) is 3.24. The topological polar surface area (TPSA) is 114 Å². The molecule has 1 saturated heterocycles. The van der Waals surface area contributed by atoms with E-state index in [0.29, 0.717) is 12.1 Å². The van der Waals surface area contributed by atoms with Crippen LogP contribution in [0.1, 0.15) is 23.3 Å². The number of carbonyl (C=O) groups is 2. The van der Waals surface area contributed by atoms with E-state index >= 15 is 0 Å². The number of amides is 2. The van der Waals surface area contributed by atoms with E-state index in [1.54, 1.807) is 29.2 Å². The minimum absolute atomic E-state index is 0.0613. The van der Waals surface area contributed by atoms with Crippen LogP contribution in [0.15, 0.2) is 28.9 Å². The smallest absolute Gasteiger partial charge is 0.281 e. The summed E-state index contributed by atoms with van der Waals surface area (Å²) in [6.07, 6.45) is 1.45. The van der Waals surface area contributed by atoms with Gasteiger partial charge in [-0.15, -0.1) is 0 Å². The molecule has 0 bridgehead atoms. The predicted octanol–water partition coefficient (Wildman–Crippen LogP) is 1.03. The van der Waals surface area contributed by atoms with E-state index < -0.39 is 5.91 Å². The number of benzene rings is 1. The number of nitrogens with one attached hydrogen (secondary N) is 1. The van der Waals surface area contributed by atoms with Crippen molar-refractivity contribution in [3.63, 3.8) is 0 Å². The molecule has 2 aromatic rings. The molecule has 3 rings (SSSR count). The van der Waals surface area contributed by atoms with Gasteiger partial charge in [0.1, 0.15) is 0 Å². The number of nitrogens with two attached hydrogens (primary N) is 1. The Morgan fingerprint density at radius 2 is 2.05 bits per heavy atom. The van der Waals surface area contributed by atoms with Crippen LogP contribution in [0, 0.1) is 0 Å². The maximum atomic E-state index is 11.9. The fourth-order valence-electron chi connectivity index (χ4n) is 2.19. The first-order valence-corrected chi connectivity index (χ1v) is 6.45. The molecule has 1 aliphatic heterocycles. The molecule has 0 spiro atoms. The van der Waals surface area contributed by atoms with Crippen LogP contribution in [0.3, 0.4) is 0 Å². The third-order valence-corrected chi connectivity index (χ3v) is 3.24. The fourth-order valence-corrected chi connectivity index (χ4v) is 2.19. The highest BCUT2D eigenvalue weighted by Gasteiger charge is 2.21. The molecule has 0 radical (unpaired) electrons. The van der Waals surface area contributed by atoms with E-state index in [0.717, 1.165) is 18.7 Å². The zero-order chi connectivity index (χ0) is 14.8. The molecule has 3 N–H and O–H groups in total. The van der Waals surface area contributed by atoms with Crippen molar-refractivity contribution in [2.24, 2.45) is 0 Å². The molecule has 2 heterocycles. The third kappa shape index (κ3) is 2.55. The first-order chi connectivity index (χ1) is 10.1. The molecular weight excluding hydrogens is 274 g/mol. The Balaban J connectivity index is 1.71. The number of carbonyl (C=O) groups excluding carboxylic acids is 2. The van der Waals surface area contributed by atoms with Crippen molar-refractivity contribution >= 4 is 29.0 Å². The lowest BCUT2D eigenvalue weighted by atomic mass is 10.2. The van der Waals surface area contributed by atoms with Gasteiger partial charge in [-0.1, -0.05) is 0 Å². The maximum absolute atomic E-state index is 11.9. The largest absolute Gasteiger partial charge is 0.379 e. The van der Waals surface area contributed by atoms with E-state index in [4.69, 9.17) is 5.73 Å². The second-order valence-corrected chi connectivity index (χ2v) is 4.65. The van der Waals surface area contributed by atoms with E-state index in [1.165, 1.54) is 0 Å². The van der Waals surface area contributed by atoms with Crippen LogP contribution < -0.4 is 16.0 Å². The molecule has 0 saturated carbocycles. The highest BCUT2D eigenvalue weighted by atomic mass is 16.6. The molecule has 1 aromatic carbocycles. The molecule has 2 amide bonds. The average molecular weight is 287 g/mol. The van der Waals surface area contributed by atoms with Crippen LogP contribution in [0.2, 0.25) is 0 Å². The van der Waals surface area contributed by atoms with Gasteiger partial charge in [0.15, 0.2) is 0 Å². The Kier molecular flexibility index (Phi) is 3.27. The highest BCUT2D eigenvalue weighted by Crippen LogP contribution is 2.23. The van der Waals surface area contributed by atoms with Gasteiger partial charge >= 0.3 is 0 Å². The Morgan fingerprint density at radius 3 is 2.62 bits per heavy atom. The summed E-state index contributed by atoms with van der Waals surface area (Å²) in [5.74, 6) is -0.446. The van der Waals surface area contributed by atoms with Gasteiger partial charge in [0, 0.05) is 24.3 Å². The van der Waals surface area contributed by atoms with Gasteiger partial charge in [0.05, 0.1) is 0 Å². The Hall–Kier alpha value is -2.90. The standard InChI is InChI=1S/C13H13N5O3/c14-12-11(16-21-17-12)13(20)15-8-3-5-9(6-4-8)18-7-1-2-10(18)19/h3-6H,1-2,7H2,(H2,14,17)(H,15,20). The van der Waals surface area contributed by atoms with Crippen molar-refractivity contribution in [1.82, 2.24) is 10.3 Å².